The van der Waals surface area contributed by atoms with E-state index in [1.807, 2.05) is 0 Å². The molecule has 2 rings (SSSR count). The van der Waals surface area contributed by atoms with Gasteiger partial charge in [-0.1, -0.05) is 0 Å². The number of carbonyl (C=O) groups is 1. The minimum Gasteiger partial charge on any atom is -0.465 e. The van der Waals surface area contributed by atoms with Gasteiger partial charge in [-0.3, -0.25) is 4.79 Å². The first-order valence-corrected chi connectivity index (χ1v) is 10.2. The maximum atomic E-state index is 11.8. The van der Waals surface area contributed by atoms with Crippen molar-refractivity contribution in [2.24, 2.45) is 5.14 Å². The van der Waals surface area contributed by atoms with Gasteiger partial charge in [0.15, 0.2) is 0 Å². The molecule has 1 aliphatic carbocycles. The Labute approximate surface area is 144 Å². The molecule has 1 saturated carbocycles. The van der Waals surface area contributed by atoms with Crippen molar-refractivity contribution in [1.82, 2.24) is 9.62 Å². The van der Waals surface area contributed by atoms with Gasteiger partial charge < -0.3 is 14.8 Å². The average Bonchev–Trinajstić information content (AvgIpc) is 2.54. The van der Waals surface area contributed by atoms with Crippen molar-refractivity contribution in [2.45, 2.75) is 63.7 Å². The molecular weight excluding hydrogens is 334 g/mol. The third-order valence-corrected chi connectivity index (χ3v) is 5.72. The minimum absolute atomic E-state index is 0.161. The molecule has 3 N–H and O–H groups in total. The second kappa shape index (κ2) is 9.10. The van der Waals surface area contributed by atoms with Crippen LogP contribution in [0.1, 0.15) is 45.4 Å². The van der Waals surface area contributed by atoms with Crippen LogP contribution in [0.5, 0.6) is 0 Å². The molecule has 0 unspecified atom stereocenters. The van der Waals surface area contributed by atoms with E-state index in [0.717, 1.165) is 43.1 Å². The molecule has 140 valence electrons. The highest BCUT2D eigenvalue weighted by molar-refractivity contribution is 7.86. The zero-order chi connectivity index (χ0) is 17.6. The number of nitrogens with two attached hydrogens (primary N) is 1. The maximum absolute atomic E-state index is 11.8. The SMILES string of the molecule is CCOC(=O)CN([C@H]1CC[C@H](OC2CCNCC2)CC1)S(N)(=O)=O. The molecule has 0 aromatic carbocycles. The first kappa shape index (κ1) is 19.6. The molecule has 0 spiro atoms. The fraction of sp³-hybridized carbons (Fsp3) is 0.933. The Morgan fingerprint density at radius 3 is 2.25 bits per heavy atom. The van der Waals surface area contributed by atoms with Crippen LogP contribution in [0, 0.1) is 0 Å². The van der Waals surface area contributed by atoms with Gasteiger partial charge in [-0.2, -0.15) is 12.7 Å². The molecule has 0 aromatic rings. The molecule has 1 aliphatic heterocycles. The van der Waals surface area contributed by atoms with Gasteiger partial charge in [0.1, 0.15) is 6.54 Å². The Morgan fingerprint density at radius 2 is 1.71 bits per heavy atom. The van der Waals surface area contributed by atoms with E-state index >= 15 is 0 Å². The molecule has 1 heterocycles. The van der Waals surface area contributed by atoms with Crippen LogP contribution in [0.15, 0.2) is 0 Å². The fourth-order valence-electron chi connectivity index (χ4n) is 3.43. The van der Waals surface area contributed by atoms with Crippen molar-refractivity contribution in [2.75, 3.05) is 26.2 Å². The molecular formula is C15H29N3O5S. The van der Waals surface area contributed by atoms with Gasteiger partial charge in [0, 0.05) is 6.04 Å². The highest BCUT2D eigenvalue weighted by Gasteiger charge is 2.34. The van der Waals surface area contributed by atoms with E-state index in [9.17, 15) is 13.2 Å². The second-order valence-electron chi connectivity index (χ2n) is 6.41. The summed E-state index contributed by atoms with van der Waals surface area (Å²) in [6.45, 7) is 3.55. The van der Waals surface area contributed by atoms with Crippen LogP contribution in [0.25, 0.3) is 0 Å². The number of nitrogens with zero attached hydrogens (tertiary/aromatic N) is 1. The zero-order valence-electron chi connectivity index (χ0n) is 14.3. The topological polar surface area (TPSA) is 111 Å². The Hall–Kier alpha value is -0.740. The summed E-state index contributed by atoms with van der Waals surface area (Å²) >= 11 is 0. The first-order chi connectivity index (χ1) is 11.4. The summed E-state index contributed by atoms with van der Waals surface area (Å²) in [5, 5.41) is 8.60. The van der Waals surface area contributed by atoms with Gasteiger partial charge in [-0.25, -0.2) is 5.14 Å². The van der Waals surface area contributed by atoms with Gasteiger partial charge >= 0.3 is 5.97 Å². The Kier molecular flexibility index (Phi) is 7.42. The van der Waals surface area contributed by atoms with Gasteiger partial charge in [0.05, 0.1) is 18.8 Å². The molecule has 1 saturated heterocycles. The van der Waals surface area contributed by atoms with Crippen LogP contribution in [0.3, 0.4) is 0 Å². The fourth-order valence-corrected chi connectivity index (χ4v) is 4.35. The Balaban J connectivity index is 1.86. The molecule has 0 atom stereocenters. The van der Waals surface area contributed by atoms with Crippen LogP contribution in [-0.2, 0) is 24.5 Å². The van der Waals surface area contributed by atoms with Crippen molar-refractivity contribution >= 4 is 16.2 Å². The molecule has 0 radical (unpaired) electrons. The maximum Gasteiger partial charge on any atom is 0.321 e. The highest BCUT2D eigenvalue weighted by atomic mass is 32.2. The summed E-state index contributed by atoms with van der Waals surface area (Å²) < 4.78 is 35.7. The van der Waals surface area contributed by atoms with Crippen LogP contribution in [0.4, 0.5) is 0 Å². The van der Waals surface area contributed by atoms with Gasteiger partial charge in [0.25, 0.3) is 10.2 Å². The monoisotopic (exact) mass is 363 g/mol. The van der Waals surface area contributed by atoms with Crippen molar-refractivity contribution in [1.29, 1.82) is 0 Å². The average molecular weight is 363 g/mol. The van der Waals surface area contributed by atoms with Crippen LogP contribution in [-0.4, -0.2) is 63.2 Å². The van der Waals surface area contributed by atoms with Gasteiger partial charge in [-0.15, -0.1) is 0 Å². The molecule has 0 amide bonds. The summed E-state index contributed by atoms with van der Waals surface area (Å²) in [6, 6.07) is -0.266. The van der Waals surface area contributed by atoms with Crippen LogP contribution >= 0.6 is 0 Å². The van der Waals surface area contributed by atoms with E-state index in [-0.39, 0.29) is 25.3 Å². The lowest BCUT2D eigenvalue weighted by atomic mass is 9.92. The van der Waals surface area contributed by atoms with E-state index in [2.05, 4.69) is 5.32 Å². The van der Waals surface area contributed by atoms with E-state index in [1.54, 1.807) is 6.92 Å². The number of carbonyl (C=O) groups excluding carboxylic acids is 1. The summed E-state index contributed by atoms with van der Waals surface area (Å²) in [7, 11) is -3.94. The highest BCUT2D eigenvalue weighted by Crippen LogP contribution is 2.28. The Bertz CT molecular complexity index is 499. The lowest BCUT2D eigenvalue weighted by Crippen LogP contribution is -2.49. The number of ether oxygens (including phenoxy) is 2. The van der Waals surface area contributed by atoms with Crippen molar-refractivity contribution in [3.8, 4) is 0 Å². The third kappa shape index (κ3) is 5.96. The molecule has 9 heteroatoms. The largest absolute Gasteiger partial charge is 0.465 e. The molecule has 8 nitrogen and oxygen atoms in total. The van der Waals surface area contributed by atoms with Crippen molar-refractivity contribution < 1.29 is 22.7 Å². The quantitative estimate of drug-likeness (QED) is 0.622. The van der Waals surface area contributed by atoms with Gasteiger partial charge in [-0.05, 0) is 58.5 Å². The second-order valence-corrected chi connectivity index (χ2v) is 7.91. The minimum atomic E-state index is -3.94. The van der Waals surface area contributed by atoms with E-state index in [4.69, 9.17) is 14.6 Å². The van der Waals surface area contributed by atoms with Crippen molar-refractivity contribution in [3.63, 3.8) is 0 Å². The first-order valence-electron chi connectivity index (χ1n) is 8.71. The van der Waals surface area contributed by atoms with Gasteiger partial charge in [0.2, 0.25) is 0 Å². The number of rotatable bonds is 7. The summed E-state index contributed by atoms with van der Waals surface area (Å²) in [4.78, 5) is 11.7. The molecule has 2 aliphatic rings. The van der Waals surface area contributed by atoms with Crippen LogP contribution < -0.4 is 10.5 Å². The van der Waals surface area contributed by atoms with Crippen LogP contribution in [0.2, 0.25) is 0 Å². The lowest BCUT2D eigenvalue weighted by molar-refractivity contribution is -0.143. The van der Waals surface area contributed by atoms with E-state index in [0.29, 0.717) is 18.9 Å². The number of nitrogens with one attached hydrogen (secondary N) is 1. The lowest BCUT2D eigenvalue weighted by Gasteiger charge is -2.36. The smallest absolute Gasteiger partial charge is 0.321 e. The number of piperidine rings is 1. The normalized spacial score (nSPS) is 26.5. The summed E-state index contributed by atoms with van der Waals surface area (Å²) in [6.07, 6.45) is 5.35. The number of hydrogen-bond acceptors (Lipinski definition) is 6. The predicted octanol–water partition coefficient (Wildman–Crippen LogP) is 0.135. The van der Waals surface area contributed by atoms with E-state index < -0.39 is 16.2 Å². The van der Waals surface area contributed by atoms with E-state index in [1.165, 1.54) is 0 Å². The summed E-state index contributed by atoms with van der Waals surface area (Å²) in [5.41, 5.74) is 0. The molecule has 24 heavy (non-hydrogen) atoms. The molecule has 2 fully saturated rings. The number of hydrogen-bond donors (Lipinski definition) is 2. The molecule has 0 aromatic heterocycles. The third-order valence-electron chi connectivity index (χ3n) is 4.64. The molecule has 0 bridgehead atoms. The zero-order valence-corrected chi connectivity index (χ0v) is 15.1. The number of esters is 1. The standard InChI is InChI=1S/C15H29N3O5S/c1-2-22-15(19)11-18(24(16,20)21)12-3-5-13(6-4-12)23-14-7-9-17-10-8-14/h12-14,17H,2-11H2,1H3,(H2,16,20,21)/t12-,13-. The summed E-state index contributed by atoms with van der Waals surface area (Å²) in [5.74, 6) is -0.570. The van der Waals surface area contributed by atoms with Crippen molar-refractivity contribution in [3.05, 3.63) is 0 Å². The predicted molar refractivity (Wildman–Crippen MR) is 89.5 cm³/mol. The Morgan fingerprint density at radius 1 is 1.12 bits per heavy atom.